The van der Waals surface area contributed by atoms with Crippen LogP contribution < -0.4 is 10.6 Å². The topological polar surface area (TPSA) is 114 Å². The maximum Gasteiger partial charge on any atom is 0.522 e. The number of nitrogens with zero attached hydrogens (tertiary/aromatic N) is 1. The molecule has 186 valence electrons. The quantitative estimate of drug-likeness (QED) is 0.484. The van der Waals surface area contributed by atoms with E-state index in [9.17, 15) is 32.3 Å². The highest BCUT2D eigenvalue weighted by atomic mass is 19.4. The van der Waals surface area contributed by atoms with E-state index in [1.54, 1.807) is 13.8 Å². The zero-order valence-corrected chi connectivity index (χ0v) is 18.7. The molecular formula is C21H30F3N3O6. The second-order valence-electron chi connectivity index (χ2n) is 9.38. The van der Waals surface area contributed by atoms with Crippen LogP contribution in [0.15, 0.2) is 0 Å². The van der Waals surface area contributed by atoms with E-state index in [0.29, 0.717) is 25.9 Å². The van der Waals surface area contributed by atoms with Gasteiger partial charge in [0, 0.05) is 19.0 Å². The summed E-state index contributed by atoms with van der Waals surface area (Å²) in [7, 11) is 0. The smallest absolute Gasteiger partial charge is 0.369 e. The minimum Gasteiger partial charge on any atom is -0.369 e. The van der Waals surface area contributed by atoms with Gasteiger partial charge in [0.1, 0.15) is 19.3 Å². The number of rotatable bonds is 10. The van der Waals surface area contributed by atoms with Crippen molar-refractivity contribution >= 4 is 23.5 Å². The first kappa shape index (κ1) is 25.4. The third-order valence-corrected chi connectivity index (χ3v) is 6.39. The highest BCUT2D eigenvalue weighted by molar-refractivity contribution is 5.94. The molecule has 1 saturated carbocycles. The lowest BCUT2D eigenvalue weighted by Gasteiger charge is -2.27. The van der Waals surface area contributed by atoms with Crippen LogP contribution in [-0.2, 0) is 28.7 Å². The molecule has 2 heterocycles. The fourth-order valence-corrected chi connectivity index (χ4v) is 4.36. The molecule has 2 N–H and O–H groups in total. The number of carbonyl (C=O) groups is 4. The first-order valence-electron chi connectivity index (χ1n) is 11.1. The predicted molar refractivity (Wildman–Crippen MR) is 108 cm³/mol. The summed E-state index contributed by atoms with van der Waals surface area (Å²) in [6, 6.07) is -2.19. The van der Waals surface area contributed by atoms with Crippen molar-refractivity contribution in [3.63, 3.8) is 0 Å². The normalized spacial score (nSPS) is 24.8. The van der Waals surface area contributed by atoms with E-state index in [1.165, 1.54) is 4.90 Å². The van der Waals surface area contributed by atoms with Crippen molar-refractivity contribution in [2.45, 2.75) is 70.5 Å². The number of hydrogen-bond acceptors (Lipinski definition) is 6. The first-order valence-corrected chi connectivity index (χ1v) is 11.1. The van der Waals surface area contributed by atoms with Crippen molar-refractivity contribution < 1.29 is 41.8 Å². The molecule has 3 atom stereocenters. The SMILES string of the molecule is CC(C)OCC(=O)N1CC2(CC2)CC1C(=O)NC(CC1CCNC1=O)C(=O)COC(F)(F)F. The maximum absolute atomic E-state index is 13.1. The number of carbonyl (C=O) groups excluding carboxylic acids is 4. The van der Waals surface area contributed by atoms with Gasteiger partial charge in [0.15, 0.2) is 5.78 Å². The molecule has 0 aromatic carbocycles. The van der Waals surface area contributed by atoms with Crippen LogP contribution in [0.5, 0.6) is 0 Å². The molecule has 2 aliphatic heterocycles. The van der Waals surface area contributed by atoms with E-state index >= 15 is 0 Å². The summed E-state index contributed by atoms with van der Waals surface area (Å²) in [5, 5.41) is 5.11. The summed E-state index contributed by atoms with van der Waals surface area (Å²) in [6.07, 6.45) is -2.76. The molecule has 3 rings (SSSR count). The molecule has 3 amide bonds. The molecule has 9 nitrogen and oxygen atoms in total. The molecule has 0 aromatic heterocycles. The van der Waals surface area contributed by atoms with Crippen LogP contribution in [-0.4, -0.2) is 79.3 Å². The summed E-state index contributed by atoms with van der Waals surface area (Å²) in [5.74, 6) is -2.90. The average Bonchev–Trinajstić information content (AvgIpc) is 3.18. The highest BCUT2D eigenvalue weighted by Gasteiger charge is 2.55. The number of likely N-dealkylation sites (tertiary alicyclic amines) is 1. The molecule has 12 heteroatoms. The highest BCUT2D eigenvalue weighted by Crippen LogP contribution is 2.54. The van der Waals surface area contributed by atoms with Crippen molar-refractivity contribution in [2.75, 3.05) is 26.3 Å². The number of nitrogens with one attached hydrogen (secondary N) is 2. The van der Waals surface area contributed by atoms with E-state index < -0.39 is 42.7 Å². The third kappa shape index (κ3) is 6.89. The molecule has 0 radical (unpaired) electrons. The molecule has 1 aliphatic carbocycles. The first-order chi connectivity index (χ1) is 15.4. The van der Waals surface area contributed by atoms with Gasteiger partial charge in [-0.2, -0.15) is 0 Å². The van der Waals surface area contributed by atoms with Crippen LogP contribution in [0.3, 0.4) is 0 Å². The number of ketones is 1. The summed E-state index contributed by atoms with van der Waals surface area (Å²) in [5.41, 5.74) is -0.139. The van der Waals surface area contributed by atoms with E-state index in [0.717, 1.165) is 12.8 Å². The Bertz CT molecular complexity index is 784. The molecule has 1 spiro atoms. The standard InChI is InChI=1S/C21H30F3N3O6/c1-12(2)32-10-17(29)27-11-20(4-5-20)8-15(27)19(31)26-14(7-13-3-6-25-18(13)30)16(28)9-33-21(22,23)24/h12-15H,3-11H2,1-2H3,(H,25,30)(H,26,31). The van der Waals surface area contributed by atoms with E-state index in [4.69, 9.17) is 4.74 Å². The Morgan fingerprint density at radius 1 is 1.24 bits per heavy atom. The van der Waals surface area contributed by atoms with Gasteiger partial charge in [-0.15, -0.1) is 13.2 Å². The van der Waals surface area contributed by atoms with Crippen molar-refractivity contribution in [1.29, 1.82) is 0 Å². The van der Waals surface area contributed by atoms with Gasteiger partial charge in [0.25, 0.3) is 0 Å². The second-order valence-corrected chi connectivity index (χ2v) is 9.38. The van der Waals surface area contributed by atoms with E-state index in [1.807, 2.05) is 0 Å². The number of ether oxygens (including phenoxy) is 2. The summed E-state index contributed by atoms with van der Waals surface area (Å²) in [6.45, 7) is 2.88. The van der Waals surface area contributed by atoms with Gasteiger partial charge in [-0.1, -0.05) is 0 Å². The van der Waals surface area contributed by atoms with Crippen molar-refractivity contribution in [3.8, 4) is 0 Å². The average molecular weight is 477 g/mol. The van der Waals surface area contributed by atoms with Crippen LogP contribution >= 0.6 is 0 Å². The Morgan fingerprint density at radius 3 is 2.48 bits per heavy atom. The lowest BCUT2D eigenvalue weighted by molar-refractivity contribution is -0.321. The zero-order chi connectivity index (χ0) is 24.4. The molecule has 33 heavy (non-hydrogen) atoms. The predicted octanol–water partition coefficient (Wildman–Crippen LogP) is 0.909. The van der Waals surface area contributed by atoms with Gasteiger partial charge >= 0.3 is 6.36 Å². The summed E-state index contributed by atoms with van der Waals surface area (Å²) < 4.78 is 46.3. The fraction of sp³-hybridized carbons (Fsp3) is 0.810. The minimum atomic E-state index is -5.00. The largest absolute Gasteiger partial charge is 0.522 e. The Kier molecular flexibility index (Phi) is 7.67. The van der Waals surface area contributed by atoms with Crippen molar-refractivity contribution in [3.05, 3.63) is 0 Å². The van der Waals surface area contributed by atoms with Crippen molar-refractivity contribution in [1.82, 2.24) is 15.5 Å². The Balaban J connectivity index is 1.69. The molecule has 3 unspecified atom stereocenters. The van der Waals surface area contributed by atoms with Gasteiger partial charge in [-0.05, 0) is 51.4 Å². The fourth-order valence-electron chi connectivity index (χ4n) is 4.36. The summed E-state index contributed by atoms with van der Waals surface area (Å²) in [4.78, 5) is 51.7. The van der Waals surface area contributed by atoms with E-state index in [-0.39, 0.29) is 36.4 Å². The number of amides is 3. The third-order valence-electron chi connectivity index (χ3n) is 6.39. The number of halogens is 3. The van der Waals surface area contributed by atoms with E-state index in [2.05, 4.69) is 15.4 Å². The Morgan fingerprint density at radius 2 is 1.94 bits per heavy atom. The lowest BCUT2D eigenvalue weighted by Crippen LogP contribution is -2.52. The molecule has 0 bridgehead atoms. The molecular weight excluding hydrogens is 447 g/mol. The van der Waals surface area contributed by atoms with Crippen LogP contribution in [0.2, 0.25) is 0 Å². The molecule has 2 saturated heterocycles. The molecule has 3 aliphatic rings. The van der Waals surface area contributed by atoms with Crippen LogP contribution in [0.4, 0.5) is 13.2 Å². The Labute approximate surface area is 189 Å². The van der Waals surface area contributed by atoms with Crippen LogP contribution in [0, 0.1) is 11.3 Å². The zero-order valence-electron chi connectivity index (χ0n) is 18.7. The van der Waals surface area contributed by atoms with Gasteiger partial charge in [-0.25, -0.2) is 0 Å². The van der Waals surface area contributed by atoms with Gasteiger partial charge in [0.2, 0.25) is 17.7 Å². The monoisotopic (exact) mass is 477 g/mol. The molecule has 3 fully saturated rings. The van der Waals surface area contributed by atoms with Gasteiger partial charge in [-0.3, -0.25) is 23.9 Å². The van der Waals surface area contributed by atoms with Gasteiger partial charge < -0.3 is 20.3 Å². The number of hydrogen-bond donors (Lipinski definition) is 2. The number of alkyl halides is 3. The summed E-state index contributed by atoms with van der Waals surface area (Å²) >= 11 is 0. The minimum absolute atomic E-state index is 0.139. The van der Waals surface area contributed by atoms with Gasteiger partial charge in [0.05, 0.1) is 12.1 Å². The maximum atomic E-state index is 13.1. The number of Topliss-reactive ketones (excluding diaryl/α,β-unsaturated/α-hetero) is 1. The lowest BCUT2D eigenvalue weighted by atomic mass is 9.95. The van der Waals surface area contributed by atoms with Crippen LogP contribution in [0.1, 0.15) is 46.0 Å². The van der Waals surface area contributed by atoms with Crippen LogP contribution in [0.25, 0.3) is 0 Å². The second kappa shape index (κ2) is 9.96. The van der Waals surface area contributed by atoms with Crippen molar-refractivity contribution in [2.24, 2.45) is 11.3 Å². The Hall–Kier alpha value is -2.21. The molecule has 0 aromatic rings.